The van der Waals surface area contributed by atoms with Gasteiger partial charge in [0.15, 0.2) is 5.75 Å². The van der Waals surface area contributed by atoms with Crippen molar-refractivity contribution in [2.24, 2.45) is 0 Å². The van der Waals surface area contributed by atoms with E-state index in [1.54, 1.807) is 30.5 Å². The predicted molar refractivity (Wildman–Crippen MR) is 108 cm³/mol. The largest absolute Gasteiger partial charge is 0.489 e. The van der Waals surface area contributed by atoms with Gasteiger partial charge in [-0.2, -0.15) is 5.26 Å². The zero-order valence-electron chi connectivity index (χ0n) is 15.4. The van der Waals surface area contributed by atoms with Crippen molar-refractivity contribution in [2.45, 2.75) is 4.90 Å². The first-order valence-corrected chi connectivity index (χ1v) is 10.2. The van der Waals surface area contributed by atoms with E-state index in [9.17, 15) is 18.5 Å². The third kappa shape index (κ3) is 3.31. The lowest BCUT2D eigenvalue weighted by atomic mass is 10.0. The van der Waals surface area contributed by atoms with Gasteiger partial charge in [0.2, 0.25) is 0 Å². The van der Waals surface area contributed by atoms with Crippen molar-refractivity contribution in [3.8, 4) is 22.9 Å². The molecule has 1 aromatic heterocycles. The third-order valence-electron chi connectivity index (χ3n) is 4.65. The second-order valence-electron chi connectivity index (χ2n) is 6.40. The van der Waals surface area contributed by atoms with Crippen LogP contribution in [0.15, 0.2) is 65.8 Å². The summed E-state index contributed by atoms with van der Waals surface area (Å²) in [6.07, 6.45) is 2.98. The van der Waals surface area contributed by atoms with Crippen molar-refractivity contribution in [2.75, 3.05) is 17.5 Å². The molecule has 150 valence electrons. The van der Waals surface area contributed by atoms with E-state index in [0.717, 1.165) is 17.7 Å². The average molecular weight is 422 g/mol. The zero-order chi connectivity index (χ0) is 21.3. The first-order valence-electron chi connectivity index (χ1n) is 8.80. The van der Waals surface area contributed by atoms with Crippen molar-refractivity contribution in [3.05, 3.63) is 76.6 Å². The molecule has 1 aliphatic rings. The summed E-state index contributed by atoms with van der Waals surface area (Å²) in [5.41, 5.74) is 1.91. The zero-order valence-corrected chi connectivity index (χ0v) is 16.2. The van der Waals surface area contributed by atoms with Crippen LogP contribution in [0.3, 0.4) is 0 Å². The highest BCUT2D eigenvalue weighted by Crippen LogP contribution is 2.41. The van der Waals surface area contributed by atoms with Crippen LogP contribution in [0, 0.1) is 21.4 Å². The lowest BCUT2D eigenvalue weighted by Crippen LogP contribution is -2.38. The summed E-state index contributed by atoms with van der Waals surface area (Å²) in [5, 5.41) is 19.8. The lowest BCUT2D eigenvalue weighted by Gasteiger charge is -2.31. The highest BCUT2D eigenvalue weighted by atomic mass is 32.2. The summed E-state index contributed by atoms with van der Waals surface area (Å²) in [6, 6.07) is 13.6. The van der Waals surface area contributed by atoms with E-state index in [4.69, 9.17) is 10.00 Å². The number of hydrogen-bond acceptors (Lipinski definition) is 7. The fourth-order valence-electron chi connectivity index (χ4n) is 3.16. The minimum Gasteiger partial charge on any atom is -0.489 e. The Balaban J connectivity index is 1.77. The summed E-state index contributed by atoms with van der Waals surface area (Å²) in [6.45, 7) is 0.206. The molecule has 0 unspecified atom stereocenters. The number of sulfonamides is 1. The van der Waals surface area contributed by atoms with Crippen LogP contribution in [0.25, 0.3) is 11.1 Å². The van der Waals surface area contributed by atoms with Gasteiger partial charge in [-0.1, -0.05) is 12.1 Å². The van der Waals surface area contributed by atoms with Crippen LogP contribution in [0.5, 0.6) is 5.75 Å². The predicted octanol–water partition coefficient (Wildman–Crippen LogP) is 3.12. The van der Waals surface area contributed by atoms with E-state index >= 15 is 0 Å². The smallest absolute Gasteiger partial charge is 0.269 e. The van der Waals surface area contributed by atoms with Crippen LogP contribution in [0.2, 0.25) is 0 Å². The molecule has 2 heterocycles. The van der Waals surface area contributed by atoms with E-state index in [-0.39, 0.29) is 29.4 Å². The van der Waals surface area contributed by atoms with E-state index in [1.807, 2.05) is 6.07 Å². The molecule has 3 aromatic rings. The Morgan fingerprint density at radius 1 is 1.10 bits per heavy atom. The first kappa shape index (κ1) is 19.4. The topological polar surface area (TPSA) is 126 Å². The Morgan fingerprint density at radius 2 is 1.80 bits per heavy atom. The maximum atomic E-state index is 13.2. The molecule has 2 aromatic carbocycles. The van der Waals surface area contributed by atoms with Crippen molar-refractivity contribution in [3.63, 3.8) is 0 Å². The van der Waals surface area contributed by atoms with Crippen LogP contribution in [-0.2, 0) is 10.0 Å². The molecule has 0 saturated carbocycles. The standard InChI is InChI=1S/C20H14N4O5S/c21-11-14-1-3-15(4-2-14)18-12-22-13-19-20(18)29-10-9-23(19)30(27,28)17-7-5-16(6-8-17)24(25)26/h1-8,12-13H,9-10H2. The normalized spacial score (nSPS) is 13.1. The van der Waals surface area contributed by atoms with E-state index in [2.05, 4.69) is 4.98 Å². The van der Waals surface area contributed by atoms with Gasteiger partial charge in [-0.05, 0) is 29.8 Å². The van der Waals surface area contributed by atoms with Crippen molar-refractivity contribution in [1.82, 2.24) is 4.98 Å². The minimum absolute atomic E-state index is 0.0651. The Labute approximate surface area is 172 Å². The molecule has 0 spiro atoms. The Morgan fingerprint density at radius 3 is 2.43 bits per heavy atom. The summed E-state index contributed by atoms with van der Waals surface area (Å²) >= 11 is 0. The molecule has 0 amide bonds. The molecule has 9 nitrogen and oxygen atoms in total. The number of rotatable bonds is 4. The van der Waals surface area contributed by atoms with E-state index in [1.165, 1.54) is 22.6 Å². The maximum Gasteiger partial charge on any atom is 0.269 e. The molecule has 1 aliphatic heterocycles. The number of anilines is 1. The number of pyridine rings is 1. The van der Waals surface area contributed by atoms with Crippen molar-refractivity contribution >= 4 is 21.4 Å². The SMILES string of the molecule is N#Cc1ccc(-c2cncc3c2OCCN3S(=O)(=O)c2ccc([N+](=O)[O-])cc2)cc1. The fraction of sp³-hybridized carbons (Fsp3) is 0.100. The number of benzene rings is 2. The number of nitro groups is 1. The average Bonchev–Trinajstić information content (AvgIpc) is 2.78. The molecule has 30 heavy (non-hydrogen) atoms. The molecule has 4 rings (SSSR count). The molecular weight excluding hydrogens is 408 g/mol. The number of hydrogen-bond donors (Lipinski definition) is 0. The summed E-state index contributed by atoms with van der Waals surface area (Å²) in [7, 11) is -3.98. The van der Waals surface area contributed by atoms with Gasteiger partial charge >= 0.3 is 0 Å². The van der Waals surface area contributed by atoms with Gasteiger partial charge in [-0.15, -0.1) is 0 Å². The minimum atomic E-state index is -3.98. The van der Waals surface area contributed by atoms with Crippen LogP contribution in [0.4, 0.5) is 11.4 Å². The number of ether oxygens (including phenoxy) is 1. The summed E-state index contributed by atoms with van der Waals surface area (Å²) in [5.74, 6) is 0.367. The number of aromatic nitrogens is 1. The van der Waals surface area contributed by atoms with Gasteiger partial charge in [-0.3, -0.25) is 19.4 Å². The van der Waals surface area contributed by atoms with Crippen LogP contribution >= 0.6 is 0 Å². The fourth-order valence-corrected chi connectivity index (χ4v) is 4.60. The highest BCUT2D eigenvalue weighted by molar-refractivity contribution is 7.92. The molecule has 0 radical (unpaired) electrons. The van der Waals surface area contributed by atoms with Gasteiger partial charge in [0.1, 0.15) is 12.3 Å². The van der Waals surface area contributed by atoms with E-state index in [0.29, 0.717) is 16.9 Å². The Bertz CT molecular complexity index is 1270. The van der Waals surface area contributed by atoms with Gasteiger partial charge in [0.25, 0.3) is 15.7 Å². The van der Waals surface area contributed by atoms with Crippen molar-refractivity contribution < 1.29 is 18.1 Å². The second-order valence-corrected chi connectivity index (χ2v) is 8.26. The molecule has 10 heteroatoms. The third-order valence-corrected chi connectivity index (χ3v) is 6.48. The van der Waals surface area contributed by atoms with E-state index < -0.39 is 14.9 Å². The van der Waals surface area contributed by atoms with Gasteiger partial charge in [0, 0.05) is 23.9 Å². The van der Waals surface area contributed by atoms with Crippen LogP contribution < -0.4 is 9.04 Å². The molecule has 0 saturated heterocycles. The Hall–Kier alpha value is -3.97. The number of fused-ring (bicyclic) bond motifs is 1. The highest BCUT2D eigenvalue weighted by Gasteiger charge is 2.32. The van der Waals surface area contributed by atoms with Crippen molar-refractivity contribution in [1.29, 1.82) is 5.26 Å². The van der Waals surface area contributed by atoms with Gasteiger partial charge < -0.3 is 4.74 Å². The number of nitrogens with zero attached hydrogens (tertiary/aromatic N) is 4. The maximum absolute atomic E-state index is 13.2. The molecular formula is C20H14N4O5S. The number of nitriles is 1. The molecule has 0 bridgehead atoms. The Kier molecular flexibility index (Phi) is 4.81. The molecule has 0 atom stereocenters. The first-order chi connectivity index (χ1) is 14.4. The quantitative estimate of drug-likeness (QED) is 0.467. The molecule has 0 fully saturated rings. The van der Waals surface area contributed by atoms with Crippen LogP contribution in [-0.4, -0.2) is 31.5 Å². The van der Waals surface area contributed by atoms with Gasteiger partial charge in [-0.25, -0.2) is 8.42 Å². The lowest BCUT2D eigenvalue weighted by molar-refractivity contribution is -0.384. The second kappa shape index (κ2) is 7.46. The van der Waals surface area contributed by atoms with Crippen LogP contribution in [0.1, 0.15) is 5.56 Å². The number of nitro benzene ring substituents is 1. The monoisotopic (exact) mass is 422 g/mol. The number of non-ortho nitro benzene ring substituents is 1. The van der Waals surface area contributed by atoms with Gasteiger partial charge in [0.05, 0.1) is 34.2 Å². The molecule has 0 aliphatic carbocycles. The molecule has 0 N–H and O–H groups in total. The summed E-state index contributed by atoms with van der Waals surface area (Å²) < 4.78 is 33.4. The summed E-state index contributed by atoms with van der Waals surface area (Å²) in [4.78, 5) is 14.4.